The van der Waals surface area contributed by atoms with Gasteiger partial charge in [0.15, 0.2) is 17.5 Å². The van der Waals surface area contributed by atoms with Gasteiger partial charge in [-0.2, -0.15) is 0 Å². The Balaban J connectivity index is 0.000000272. The van der Waals surface area contributed by atoms with Crippen LogP contribution < -0.4 is 11.1 Å². The van der Waals surface area contributed by atoms with Crippen LogP contribution in [0.5, 0.6) is 0 Å². The monoisotopic (exact) mass is 340 g/mol. The van der Waals surface area contributed by atoms with Gasteiger partial charge in [-0.05, 0) is 31.5 Å². The minimum atomic E-state index is -1.63. The molecule has 0 unspecified atom stereocenters. The van der Waals surface area contributed by atoms with Crippen LogP contribution in [0.1, 0.15) is 25.5 Å². The summed E-state index contributed by atoms with van der Waals surface area (Å²) in [6.45, 7) is 3.23. The summed E-state index contributed by atoms with van der Waals surface area (Å²) >= 11 is 0. The highest BCUT2D eigenvalue weighted by Crippen LogP contribution is 2.20. The molecule has 0 radical (unpaired) electrons. The lowest BCUT2D eigenvalue weighted by Gasteiger charge is -2.11. The maximum absolute atomic E-state index is 13.0. The molecule has 24 heavy (non-hydrogen) atoms. The number of carboxylic acid groups (broad SMARTS) is 1. The fourth-order valence-corrected chi connectivity index (χ4v) is 1.69. The van der Waals surface area contributed by atoms with Crippen LogP contribution in [0.2, 0.25) is 0 Å². The normalized spacial score (nSPS) is 12.6. The second-order valence-electron chi connectivity index (χ2n) is 5.13. The molecule has 2 aromatic rings. The largest absolute Gasteiger partial charge is 0.480 e. The summed E-state index contributed by atoms with van der Waals surface area (Å²) in [6, 6.07) is 10.8. The van der Waals surface area contributed by atoms with Crippen molar-refractivity contribution in [1.82, 2.24) is 0 Å². The van der Waals surface area contributed by atoms with Gasteiger partial charge in [0, 0.05) is 6.04 Å². The number of halogens is 3. The van der Waals surface area contributed by atoms with Crippen LogP contribution in [-0.2, 0) is 4.79 Å². The molecule has 2 aromatic carbocycles. The molecule has 0 amide bonds. The van der Waals surface area contributed by atoms with E-state index in [1.54, 1.807) is 0 Å². The van der Waals surface area contributed by atoms with E-state index in [2.05, 4.69) is 5.32 Å². The van der Waals surface area contributed by atoms with Crippen LogP contribution >= 0.6 is 0 Å². The van der Waals surface area contributed by atoms with E-state index in [9.17, 15) is 18.0 Å². The molecule has 0 bridgehead atoms. The number of hydrogen-bond acceptors (Lipinski definition) is 3. The van der Waals surface area contributed by atoms with Crippen molar-refractivity contribution in [2.24, 2.45) is 5.73 Å². The second kappa shape index (κ2) is 8.93. The standard InChI is InChI=1S/C9H8F3NO2.C8H11N/c1-4(9(14)15)13-6-3-2-5(10)7(11)8(6)12;1-7(9)8-5-3-2-4-6-8/h2-4,13H,1H3,(H,14,15);2-7H,9H2,1H3/t4-;7-/m01/s1. The molecule has 0 aliphatic rings. The number of nitrogens with one attached hydrogen (secondary N) is 1. The minimum Gasteiger partial charge on any atom is -0.480 e. The molecule has 2 atom stereocenters. The van der Waals surface area contributed by atoms with Crippen molar-refractivity contribution < 1.29 is 23.1 Å². The second-order valence-corrected chi connectivity index (χ2v) is 5.13. The van der Waals surface area contributed by atoms with Crippen LogP contribution in [0.4, 0.5) is 18.9 Å². The van der Waals surface area contributed by atoms with E-state index in [0.29, 0.717) is 0 Å². The average molecular weight is 340 g/mol. The highest BCUT2D eigenvalue weighted by molar-refractivity contribution is 5.76. The van der Waals surface area contributed by atoms with E-state index < -0.39 is 29.5 Å². The molecule has 4 N–H and O–H groups in total. The van der Waals surface area contributed by atoms with E-state index in [1.807, 2.05) is 37.3 Å². The number of carbonyl (C=O) groups is 1. The first kappa shape index (κ1) is 19.5. The van der Waals surface area contributed by atoms with Crippen LogP contribution in [0.3, 0.4) is 0 Å². The van der Waals surface area contributed by atoms with E-state index >= 15 is 0 Å². The van der Waals surface area contributed by atoms with Gasteiger partial charge >= 0.3 is 5.97 Å². The first-order chi connectivity index (χ1) is 11.2. The highest BCUT2D eigenvalue weighted by atomic mass is 19.2. The van der Waals surface area contributed by atoms with Gasteiger partial charge in [0.2, 0.25) is 0 Å². The summed E-state index contributed by atoms with van der Waals surface area (Å²) in [5.74, 6) is -5.60. The Hall–Kier alpha value is -2.54. The van der Waals surface area contributed by atoms with Gasteiger partial charge in [-0.3, -0.25) is 4.79 Å². The SMILES string of the molecule is C[C@@H](N)c1ccccc1.C[C@H](Nc1ccc(F)c(F)c1F)C(=O)O. The van der Waals surface area contributed by atoms with Crippen LogP contribution in [0.25, 0.3) is 0 Å². The molecule has 130 valence electrons. The summed E-state index contributed by atoms with van der Waals surface area (Å²) < 4.78 is 38.2. The number of hydrogen-bond donors (Lipinski definition) is 3. The number of benzene rings is 2. The maximum atomic E-state index is 13.0. The average Bonchev–Trinajstić information content (AvgIpc) is 2.56. The quantitative estimate of drug-likeness (QED) is 0.742. The number of aliphatic carboxylic acids is 1. The third kappa shape index (κ3) is 5.58. The predicted octanol–water partition coefficient (Wildman–Crippen LogP) is 3.70. The first-order valence-electron chi connectivity index (χ1n) is 7.17. The van der Waals surface area contributed by atoms with Crippen molar-refractivity contribution >= 4 is 11.7 Å². The third-order valence-corrected chi connectivity index (χ3v) is 3.10. The van der Waals surface area contributed by atoms with E-state index in [-0.39, 0.29) is 11.7 Å². The molecular formula is C17H19F3N2O2. The highest BCUT2D eigenvalue weighted by Gasteiger charge is 2.17. The third-order valence-electron chi connectivity index (χ3n) is 3.10. The van der Waals surface area contributed by atoms with Crippen molar-refractivity contribution in [2.75, 3.05) is 5.32 Å². The Morgan fingerprint density at radius 3 is 2.08 bits per heavy atom. The zero-order chi connectivity index (χ0) is 18.3. The zero-order valence-corrected chi connectivity index (χ0v) is 13.3. The first-order valence-corrected chi connectivity index (χ1v) is 7.17. The lowest BCUT2D eigenvalue weighted by molar-refractivity contribution is -0.137. The molecule has 0 aliphatic carbocycles. The van der Waals surface area contributed by atoms with Crippen molar-refractivity contribution in [1.29, 1.82) is 0 Å². The van der Waals surface area contributed by atoms with Crippen LogP contribution in [-0.4, -0.2) is 17.1 Å². The van der Waals surface area contributed by atoms with Gasteiger partial charge in [0.25, 0.3) is 0 Å². The zero-order valence-electron chi connectivity index (χ0n) is 13.3. The maximum Gasteiger partial charge on any atom is 0.325 e. The molecule has 2 rings (SSSR count). The van der Waals surface area contributed by atoms with Gasteiger partial charge in [0.1, 0.15) is 6.04 Å². The van der Waals surface area contributed by atoms with Crippen molar-refractivity contribution in [2.45, 2.75) is 25.9 Å². The fourth-order valence-electron chi connectivity index (χ4n) is 1.69. The smallest absolute Gasteiger partial charge is 0.325 e. The van der Waals surface area contributed by atoms with Gasteiger partial charge in [-0.1, -0.05) is 30.3 Å². The molecule has 0 saturated heterocycles. The van der Waals surface area contributed by atoms with Gasteiger partial charge in [0.05, 0.1) is 5.69 Å². The minimum absolute atomic E-state index is 0.159. The summed E-state index contributed by atoms with van der Waals surface area (Å²) in [7, 11) is 0. The Morgan fingerprint density at radius 1 is 1.04 bits per heavy atom. The Labute approximate surface area is 138 Å². The van der Waals surface area contributed by atoms with E-state index in [4.69, 9.17) is 10.8 Å². The molecule has 4 nitrogen and oxygen atoms in total. The van der Waals surface area contributed by atoms with Crippen LogP contribution in [0, 0.1) is 17.5 Å². The summed E-state index contributed by atoms with van der Waals surface area (Å²) in [4.78, 5) is 10.4. The molecule has 0 spiro atoms. The topological polar surface area (TPSA) is 75.3 Å². The lowest BCUT2D eigenvalue weighted by Crippen LogP contribution is -2.26. The van der Waals surface area contributed by atoms with Crippen LogP contribution in [0.15, 0.2) is 42.5 Å². The van der Waals surface area contributed by atoms with Gasteiger partial charge in [-0.15, -0.1) is 0 Å². The van der Waals surface area contributed by atoms with Crippen molar-refractivity contribution in [3.8, 4) is 0 Å². The van der Waals surface area contributed by atoms with Gasteiger partial charge in [-0.25, -0.2) is 13.2 Å². The number of anilines is 1. The van der Waals surface area contributed by atoms with Gasteiger partial charge < -0.3 is 16.2 Å². The van der Waals surface area contributed by atoms with E-state index in [0.717, 1.165) is 12.1 Å². The molecule has 0 aliphatic heterocycles. The lowest BCUT2D eigenvalue weighted by atomic mass is 10.1. The molecule has 0 aromatic heterocycles. The fraction of sp³-hybridized carbons (Fsp3) is 0.235. The summed E-state index contributed by atoms with van der Waals surface area (Å²) in [5.41, 5.74) is 6.42. The van der Waals surface area contributed by atoms with Crippen molar-refractivity contribution in [3.63, 3.8) is 0 Å². The molecule has 0 heterocycles. The number of nitrogens with two attached hydrogens (primary N) is 1. The molecule has 0 saturated carbocycles. The Kier molecular flexibility index (Phi) is 7.26. The predicted molar refractivity (Wildman–Crippen MR) is 86.1 cm³/mol. The Morgan fingerprint density at radius 2 is 1.62 bits per heavy atom. The van der Waals surface area contributed by atoms with E-state index in [1.165, 1.54) is 12.5 Å². The number of rotatable bonds is 4. The molecule has 7 heteroatoms. The molecule has 0 fully saturated rings. The summed E-state index contributed by atoms with van der Waals surface area (Å²) in [5, 5.41) is 10.7. The number of carboxylic acids is 1. The Bertz CT molecular complexity index is 679. The van der Waals surface area contributed by atoms with Crippen molar-refractivity contribution in [3.05, 3.63) is 65.5 Å². The summed E-state index contributed by atoms with van der Waals surface area (Å²) in [6.07, 6.45) is 0. The molecular weight excluding hydrogens is 321 g/mol.